The van der Waals surface area contributed by atoms with Gasteiger partial charge in [0.1, 0.15) is 29.5 Å². The average molecular weight is 579 g/mol. The van der Waals surface area contributed by atoms with Gasteiger partial charge in [0.25, 0.3) is 0 Å². The lowest BCUT2D eigenvalue weighted by Crippen LogP contribution is -3.00. The standard InChI is InChI=1S/C27H29NO11.ClH/c1-10-22(31)13(28)6-17(38-10)39-15-8-27(36,16(30)9-29)7-12-19(15)26(35)21-20(24(12)33)23(32)11-4-3-5-14(37-2)18(11)25(21)34;/h3-5,10,13,15,17,22,29,31,33,35-36H,6-9,28H2,1-2H3;1H/p-1. The highest BCUT2D eigenvalue weighted by atomic mass is 35.5. The molecule has 12 nitrogen and oxygen atoms in total. The van der Waals surface area contributed by atoms with Crippen LogP contribution in [0.2, 0.25) is 0 Å². The number of halogens is 1. The van der Waals surface area contributed by atoms with E-state index in [1.807, 2.05) is 0 Å². The van der Waals surface area contributed by atoms with Crippen molar-refractivity contribution in [1.29, 1.82) is 0 Å². The van der Waals surface area contributed by atoms with Gasteiger partial charge in [-0.2, -0.15) is 0 Å². The molecule has 0 amide bonds. The number of benzene rings is 2. The molecule has 6 atom stereocenters. The Balaban J connectivity index is 0.00000370. The van der Waals surface area contributed by atoms with Gasteiger partial charge in [-0.05, 0) is 13.0 Å². The first-order valence-corrected chi connectivity index (χ1v) is 12.4. The Morgan fingerprint density at radius 3 is 2.45 bits per heavy atom. The van der Waals surface area contributed by atoms with Gasteiger partial charge < -0.3 is 57.9 Å². The summed E-state index contributed by atoms with van der Waals surface area (Å²) in [5.74, 6) is -3.77. The van der Waals surface area contributed by atoms with E-state index in [4.69, 9.17) is 19.9 Å². The van der Waals surface area contributed by atoms with Gasteiger partial charge in [0.2, 0.25) is 5.78 Å². The minimum atomic E-state index is -2.24. The van der Waals surface area contributed by atoms with E-state index in [9.17, 15) is 39.9 Å². The number of rotatable bonds is 5. The summed E-state index contributed by atoms with van der Waals surface area (Å²) in [6.07, 6.45) is -5.12. The lowest BCUT2D eigenvalue weighted by atomic mass is 9.72. The van der Waals surface area contributed by atoms with Crippen LogP contribution in [0.3, 0.4) is 0 Å². The third kappa shape index (κ3) is 4.45. The molecule has 1 heterocycles. The van der Waals surface area contributed by atoms with Gasteiger partial charge in [0, 0.05) is 42.0 Å². The number of hydrogen-bond acceptors (Lipinski definition) is 12. The second-order valence-electron chi connectivity index (χ2n) is 10.2. The van der Waals surface area contributed by atoms with Crippen LogP contribution in [0.4, 0.5) is 0 Å². The molecule has 0 spiro atoms. The number of phenols is 2. The van der Waals surface area contributed by atoms with Gasteiger partial charge in [-0.3, -0.25) is 14.4 Å². The Labute approximate surface area is 234 Å². The van der Waals surface area contributed by atoms with Gasteiger partial charge in [-0.25, -0.2) is 0 Å². The second-order valence-corrected chi connectivity index (χ2v) is 10.2. The molecule has 2 aromatic rings. The average Bonchev–Trinajstić information content (AvgIpc) is 2.90. The monoisotopic (exact) mass is 578 g/mol. The topological polar surface area (TPSA) is 206 Å². The third-order valence-corrected chi connectivity index (χ3v) is 7.81. The van der Waals surface area contributed by atoms with Crippen LogP contribution in [0.15, 0.2) is 18.2 Å². The highest BCUT2D eigenvalue weighted by Gasteiger charge is 2.50. The van der Waals surface area contributed by atoms with Crippen LogP contribution in [0, 0.1) is 0 Å². The summed E-state index contributed by atoms with van der Waals surface area (Å²) in [7, 11) is 1.32. The molecular formula is C27H29ClNO11-. The zero-order chi connectivity index (χ0) is 28.4. The van der Waals surface area contributed by atoms with Crippen molar-refractivity contribution in [2.24, 2.45) is 5.73 Å². The Morgan fingerprint density at radius 2 is 1.82 bits per heavy atom. The maximum atomic E-state index is 13.6. The van der Waals surface area contributed by atoms with Crippen LogP contribution in [0.1, 0.15) is 68.8 Å². The third-order valence-electron chi connectivity index (χ3n) is 7.81. The fourth-order valence-corrected chi connectivity index (χ4v) is 5.75. The van der Waals surface area contributed by atoms with E-state index in [-0.39, 0.29) is 46.8 Å². The lowest BCUT2D eigenvalue weighted by molar-refractivity contribution is -0.247. The highest BCUT2D eigenvalue weighted by molar-refractivity contribution is 6.31. The van der Waals surface area contributed by atoms with E-state index in [0.29, 0.717) is 0 Å². The lowest BCUT2D eigenvalue weighted by Gasteiger charge is -2.42. The number of ether oxygens (including phenoxy) is 3. The number of Topliss-reactive ketones (excluding diaryl/α,β-unsaturated/α-hetero) is 1. The predicted molar refractivity (Wildman–Crippen MR) is 132 cm³/mol. The fraction of sp³-hybridized carbons (Fsp3) is 0.444. The van der Waals surface area contributed by atoms with Crippen LogP contribution in [0.25, 0.3) is 0 Å². The molecule has 0 radical (unpaired) electrons. The van der Waals surface area contributed by atoms with E-state index in [2.05, 4.69) is 0 Å². The van der Waals surface area contributed by atoms with Crippen molar-refractivity contribution in [3.63, 3.8) is 0 Å². The predicted octanol–water partition coefficient (Wildman–Crippen LogP) is -2.99. The summed E-state index contributed by atoms with van der Waals surface area (Å²) in [4.78, 5) is 39.7. The van der Waals surface area contributed by atoms with Gasteiger partial charge >= 0.3 is 0 Å². The quantitative estimate of drug-likeness (QED) is 0.168. The van der Waals surface area contributed by atoms with Crippen molar-refractivity contribution in [1.82, 2.24) is 0 Å². The summed E-state index contributed by atoms with van der Waals surface area (Å²) >= 11 is 0. The highest BCUT2D eigenvalue weighted by Crippen LogP contribution is 2.52. The first-order chi connectivity index (χ1) is 18.4. The van der Waals surface area contributed by atoms with Crippen LogP contribution in [-0.2, 0) is 20.7 Å². The molecule has 40 heavy (non-hydrogen) atoms. The number of aliphatic hydroxyl groups is 3. The van der Waals surface area contributed by atoms with Crippen molar-refractivity contribution >= 4 is 17.3 Å². The van der Waals surface area contributed by atoms with E-state index >= 15 is 0 Å². The number of phenolic OH excluding ortho intramolecular Hbond substituents is 2. The zero-order valence-electron chi connectivity index (χ0n) is 21.6. The molecule has 7 N–H and O–H groups in total. The SMILES string of the molecule is COc1cccc2c1C(=O)c1c(O)c3c(c(O)c1C2=O)CC(O)(C(=O)CO)CC3OC1CC(N)C(O)C(C)O1.[Cl-]. The van der Waals surface area contributed by atoms with E-state index in [0.717, 1.165) is 0 Å². The largest absolute Gasteiger partial charge is 1.00 e. The summed E-state index contributed by atoms with van der Waals surface area (Å²) in [6, 6.07) is 3.64. The maximum Gasteiger partial charge on any atom is 0.202 e. The van der Waals surface area contributed by atoms with Crippen LogP contribution in [-0.4, -0.2) is 86.7 Å². The van der Waals surface area contributed by atoms with Crippen molar-refractivity contribution in [2.45, 2.75) is 62.4 Å². The second kappa shape index (κ2) is 10.7. The molecule has 0 bridgehead atoms. The van der Waals surface area contributed by atoms with Gasteiger partial charge in [0.15, 0.2) is 17.9 Å². The molecule has 2 aliphatic carbocycles. The Morgan fingerprint density at radius 1 is 1.15 bits per heavy atom. The van der Waals surface area contributed by atoms with Crippen molar-refractivity contribution in [2.75, 3.05) is 13.7 Å². The Bertz CT molecular complexity index is 1380. The molecule has 1 saturated heterocycles. The number of hydrogen-bond donors (Lipinski definition) is 6. The van der Waals surface area contributed by atoms with Gasteiger partial charge in [-0.1, -0.05) is 12.1 Å². The van der Waals surface area contributed by atoms with Gasteiger partial charge in [0.05, 0.1) is 42.1 Å². The van der Waals surface area contributed by atoms with Crippen molar-refractivity contribution < 1.29 is 66.5 Å². The molecular weight excluding hydrogens is 550 g/mol. The summed E-state index contributed by atoms with van der Waals surface area (Å²) in [5, 5.41) is 53.7. The van der Waals surface area contributed by atoms with Crippen LogP contribution < -0.4 is 22.9 Å². The summed E-state index contributed by atoms with van der Waals surface area (Å²) < 4.78 is 17.0. The molecule has 0 saturated carbocycles. The first-order valence-electron chi connectivity index (χ1n) is 12.4. The number of ketones is 3. The number of carbonyl (C=O) groups excluding carboxylic acids is 3. The minimum absolute atomic E-state index is 0. The van der Waals surface area contributed by atoms with Crippen molar-refractivity contribution in [3.05, 3.63) is 51.6 Å². The minimum Gasteiger partial charge on any atom is -1.00 e. The smallest absolute Gasteiger partial charge is 0.202 e. The number of nitrogens with two attached hydrogens (primary N) is 1. The molecule has 13 heteroatoms. The Kier molecular flexibility index (Phi) is 8.00. The molecule has 2 aromatic carbocycles. The van der Waals surface area contributed by atoms with Crippen molar-refractivity contribution in [3.8, 4) is 17.2 Å². The molecule has 5 rings (SSSR count). The molecule has 1 fully saturated rings. The van der Waals surface area contributed by atoms with E-state index in [1.165, 1.54) is 25.3 Å². The maximum absolute atomic E-state index is 13.6. The molecule has 3 aliphatic rings. The number of aliphatic hydroxyl groups excluding tert-OH is 2. The molecule has 6 unspecified atom stereocenters. The van der Waals surface area contributed by atoms with E-state index < -0.39 is 95.7 Å². The number of aromatic hydroxyl groups is 2. The zero-order valence-corrected chi connectivity index (χ0v) is 22.3. The number of carbonyl (C=O) groups is 3. The number of fused-ring (bicyclic) bond motifs is 3. The van der Waals surface area contributed by atoms with Gasteiger partial charge in [-0.15, -0.1) is 0 Å². The number of methoxy groups -OCH3 is 1. The fourth-order valence-electron chi connectivity index (χ4n) is 5.75. The molecule has 1 aliphatic heterocycles. The summed E-state index contributed by atoms with van der Waals surface area (Å²) in [6.45, 7) is 0.560. The molecule has 0 aromatic heterocycles. The van der Waals surface area contributed by atoms with Crippen LogP contribution in [0.5, 0.6) is 17.2 Å². The summed E-state index contributed by atoms with van der Waals surface area (Å²) in [5.41, 5.74) is 2.37. The van der Waals surface area contributed by atoms with E-state index in [1.54, 1.807) is 6.92 Å². The first kappa shape index (κ1) is 29.9. The molecule has 216 valence electrons. The van der Waals surface area contributed by atoms with Crippen LogP contribution >= 0.6 is 0 Å². The normalized spacial score (nSPS) is 29.1. The Hall–Kier alpha value is -3.10.